The first-order chi connectivity index (χ1) is 10.4. The van der Waals surface area contributed by atoms with Crippen molar-refractivity contribution in [1.82, 2.24) is 0 Å². The predicted octanol–water partition coefficient (Wildman–Crippen LogP) is 3.96. The molecule has 0 amide bonds. The van der Waals surface area contributed by atoms with E-state index in [-0.39, 0.29) is 0 Å². The van der Waals surface area contributed by atoms with Crippen LogP contribution in [0.1, 0.15) is 12.8 Å². The van der Waals surface area contributed by atoms with Crippen molar-refractivity contribution in [2.45, 2.75) is 38.0 Å². The van der Waals surface area contributed by atoms with Crippen molar-refractivity contribution < 1.29 is 17.7 Å². The first-order valence-electron chi connectivity index (χ1n) is 7.81. The van der Waals surface area contributed by atoms with Crippen LogP contribution in [0.15, 0.2) is 0 Å². The molecule has 0 unspecified atom stereocenters. The molecule has 4 nitrogen and oxygen atoms in total. The number of rotatable bonds is 15. The van der Waals surface area contributed by atoms with Crippen LogP contribution in [0.5, 0.6) is 0 Å². The third kappa shape index (κ3) is 10.7. The fraction of sp³-hybridized carbons (Fsp3) is 1.00. The lowest BCUT2D eigenvalue weighted by molar-refractivity contribution is 0.249. The van der Waals surface area contributed by atoms with Crippen LogP contribution < -0.4 is 0 Å². The third-order valence-electron chi connectivity index (χ3n) is 3.94. The summed E-state index contributed by atoms with van der Waals surface area (Å²) in [5.41, 5.74) is 0. The van der Waals surface area contributed by atoms with Gasteiger partial charge in [0.15, 0.2) is 0 Å². The molecule has 0 bridgehead atoms. The van der Waals surface area contributed by atoms with Crippen LogP contribution in [0.4, 0.5) is 0 Å². The standard InChI is InChI=1S/C14H34O4S2Si2/c1-15-21(5,16-2)13-7-9-19-11-12-20-10-8-14-22(6,17-3)18-4/h7-14H2,1-6H3. The van der Waals surface area contributed by atoms with Crippen LogP contribution in [0.25, 0.3) is 0 Å². The van der Waals surface area contributed by atoms with Crippen LogP contribution in [-0.4, -0.2) is 68.6 Å². The van der Waals surface area contributed by atoms with Crippen molar-refractivity contribution in [3.63, 3.8) is 0 Å². The molecule has 0 fully saturated rings. The summed E-state index contributed by atoms with van der Waals surface area (Å²) in [4.78, 5) is 0. The molecule has 0 heterocycles. The second kappa shape index (κ2) is 13.3. The quantitative estimate of drug-likeness (QED) is 0.313. The van der Waals surface area contributed by atoms with Gasteiger partial charge in [-0.15, -0.1) is 0 Å². The minimum Gasteiger partial charge on any atom is -0.398 e. The predicted molar refractivity (Wildman–Crippen MR) is 105 cm³/mol. The van der Waals surface area contributed by atoms with Gasteiger partial charge in [0.2, 0.25) is 0 Å². The van der Waals surface area contributed by atoms with Gasteiger partial charge in [-0.1, -0.05) is 0 Å². The van der Waals surface area contributed by atoms with Gasteiger partial charge in [-0.3, -0.25) is 0 Å². The Bertz CT molecular complexity index is 239. The highest BCUT2D eigenvalue weighted by Gasteiger charge is 2.28. The van der Waals surface area contributed by atoms with Crippen molar-refractivity contribution in [2.75, 3.05) is 51.5 Å². The summed E-state index contributed by atoms with van der Waals surface area (Å²) in [5, 5.41) is 0. The Labute approximate surface area is 147 Å². The molecule has 0 radical (unpaired) electrons. The topological polar surface area (TPSA) is 36.9 Å². The Hall–Kier alpha value is 0.974. The average Bonchev–Trinajstić information content (AvgIpc) is 2.56. The highest BCUT2D eigenvalue weighted by Crippen LogP contribution is 2.19. The number of thioether (sulfide) groups is 2. The van der Waals surface area contributed by atoms with Gasteiger partial charge >= 0.3 is 17.1 Å². The summed E-state index contributed by atoms with van der Waals surface area (Å²) in [7, 11) is 3.36. The monoisotopic (exact) mass is 386 g/mol. The van der Waals surface area contributed by atoms with Crippen molar-refractivity contribution in [3.05, 3.63) is 0 Å². The van der Waals surface area contributed by atoms with E-state index >= 15 is 0 Å². The fourth-order valence-electron chi connectivity index (χ4n) is 1.89. The van der Waals surface area contributed by atoms with Gasteiger partial charge in [0, 0.05) is 39.9 Å². The number of hydrogen-bond acceptors (Lipinski definition) is 6. The van der Waals surface area contributed by atoms with Gasteiger partial charge in [-0.25, -0.2) is 0 Å². The summed E-state index contributed by atoms with van der Waals surface area (Å²) in [6.07, 6.45) is 2.37. The maximum absolute atomic E-state index is 5.49. The van der Waals surface area contributed by atoms with E-state index in [0.29, 0.717) is 0 Å². The fourth-order valence-corrected chi connectivity index (χ4v) is 7.24. The van der Waals surface area contributed by atoms with Crippen LogP contribution in [-0.2, 0) is 17.7 Å². The summed E-state index contributed by atoms with van der Waals surface area (Å²) in [6.45, 7) is 4.26. The second-order valence-corrected chi connectivity index (χ2v) is 15.1. The molecule has 0 aliphatic heterocycles. The molecule has 0 aromatic heterocycles. The van der Waals surface area contributed by atoms with Crippen LogP contribution in [0, 0.1) is 0 Å². The molecule has 0 aromatic rings. The van der Waals surface area contributed by atoms with Crippen LogP contribution >= 0.6 is 23.5 Å². The van der Waals surface area contributed by atoms with Crippen molar-refractivity contribution in [2.24, 2.45) is 0 Å². The van der Waals surface area contributed by atoms with Gasteiger partial charge in [0.1, 0.15) is 0 Å². The van der Waals surface area contributed by atoms with Gasteiger partial charge in [0.25, 0.3) is 0 Å². The van der Waals surface area contributed by atoms with E-state index in [1.165, 1.54) is 35.9 Å². The zero-order valence-electron chi connectivity index (χ0n) is 15.1. The molecule has 0 spiro atoms. The molecule has 8 heteroatoms. The zero-order chi connectivity index (χ0) is 16.9. The van der Waals surface area contributed by atoms with E-state index in [9.17, 15) is 0 Å². The van der Waals surface area contributed by atoms with E-state index < -0.39 is 17.1 Å². The molecule has 0 atom stereocenters. The lowest BCUT2D eigenvalue weighted by atomic mass is 10.6. The molecule has 0 aromatic carbocycles. The first kappa shape index (κ1) is 23.0. The molecule has 22 heavy (non-hydrogen) atoms. The normalized spacial score (nSPS) is 12.8. The molecule has 0 N–H and O–H groups in total. The maximum Gasteiger partial charge on any atom is 0.334 e. The van der Waals surface area contributed by atoms with E-state index in [1.54, 1.807) is 28.4 Å². The SMILES string of the molecule is CO[Si](C)(CCCSCCSCCC[Si](C)(OC)OC)OC. The second-order valence-electron chi connectivity index (χ2n) is 5.52. The average molecular weight is 387 g/mol. The lowest BCUT2D eigenvalue weighted by Crippen LogP contribution is -2.35. The van der Waals surface area contributed by atoms with E-state index in [0.717, 1.165) is 12.1 Å². The molecular formula is C14H34O4S2Si2. The highest BCUT2D eigenvalue weighted by molar-refractivity contribution is 8.02. The lowest BCUT2D eigenvalue weighted by Gasteiger charge is -2.22. The highest BCUT2D eigenvalue weighted by atomic mass is 32.2. The molecular weight excluding hydrogens is 352 g/mol. The minimum absolute atomic E-state index is 1.08. The van der Waals surface area contributed by atoms with Gasteiger partial charge in [-0.2, -0.15) is 23.5 Å². The Kier molecular flexibility index (Phi) is 13.9. The van der Waals surface area contributed by atoms with Gasteiger partial charge in [0.05, 0.1) is 0 Å². The largest absolute Gasteiger partial charge is 0.398 e. The Morgan fingerprint density at radius 2 is 0.909 bits per heavy atom. The molecule has 0 saturated carbocycles. The summed E-state index contributed by atoms with van der Waals surface area (Å²) >= 11 is 4.07. The minimum atomic E-state index is -1.85. The Balaban J connectivity index is 3.41. The Morgan fingerprint density at radius 1 is 0.591 bits per heavy atom. The molecule has 0 saturated heterocycles. The van der Waals surface area contributed by atoms with Gasteiger partial charge in [-0.05, 0) is 49.5 Å². The summed E-state index contributed by atoms with van der Waals surface area (Å²) in [6, 6.07) is 2.16. The first-order valence-corrected chi connectivity index (χ1v) is 15.2. The maximum atomic E-state index is 5.49. The summed E-state index contributed by atoms with van der Waals surface area (Å²) in [5.74, 6) is 4.86. The summed E-state index contributed by atoms with van der Waals surface area (Å²) < 4.78 is 22.0. The van der Waals surface area contributed by atoms with Crippen LogP contribution in [0.2, 0.25) is 25.2 Å². The molecule has 0 aliphatic rings. The van der Waals surface area contributed by atoms with Crippen molar-refractivity contribution in [3.8, 4) is 0 Å². The van der Waals surface area contributed by atoms with Crippen LogP contribution in [0.3, 0.4) is 0 Å². The van der Waals surface area contributed by atoms with Gasteiger partial charge < -0.3 is 17.7 Å². The zero-order valence-corrected chi connectivity index (χ0v) is 18.7. The smallest absolute Gasteiger partial charge is 0.334 e. The molecule has 0 rings (SSSR count). The molecule has 0 aliphatic carbocycles. The van der Waals surface area contributed by atoms with Crippen molar-refractivity contribution in [1.29, 1.82) is 0 Å². The third-order valence-corrected chi connectivity index (χ3v) is 12.3. The van der Waals surface area contributed by atoms with Crippen molar-refractivity contribution >= 4 is 40.6 Å². The number of hydrogen-bond donors (Lipinski definition) is 0. The molecule has 134 valence electrons. The van der Waals surface area contributed by atoms with E-state index in [1.807, 2.05) is 23.5 Å². The van der Waals surface area contributed by atoms with E-state index in [2.05, 4.69) is 13.1 Å². The van der Waals surface area contributed by atoms with E-state index in [4.69, 9.17) is 17.7 Å². The Morgan fingerprint density at radius 3 is 1.18 bits per heavy atom.